The zero-order valence-electron chi connectivity index (χ0n) is 11.1. The summed E-state index contributed by atoms with van der Waals surface area (Å²) in [4.78, 5) is 0. The smallest absolute Gasteiger partial charge is 0.132 e. The van der Waals surface area contributed by atoms with E-state index in [0.29, 0.717) is 6.61 Å². The maximum Gasteiger partial charge on any atom is 0.132 e. The summed E-state index contributed by atoms with van der Waals surface area (Å²) in [5.74, 6) is 0. The van der Waals surface area contributed by atoms with Gasteiger partial charge < -0.3 is 19.7 Å². The maximum absolute atomic E-state index is 10.1. The number of ether oxygens (including phenoxy) is 2. The van der Waals surface area contributed by atoms with Gasteiger partial charge in [0, 0.05) is 0 Å². The molecule has 0 amide bonds. The highest BCUT2D eigenvalue weighted by Crippen LogP contribution is 2.28. The second kappa shape index (κ2) is 6.72. The van der Waals surface area contributed by atoms with Crippen molar-refractivity contribution < 1.29 is 19.7 Å². The molecule has 1 fully saturated rings. The quantitative estimate of drug-likeness (QED) is 0.875. The number of rotatable bonds is 4. The molecule has 0 radical (unpaired) electrons. The average molecular weight is 284 g/mol. The van der Waals surface area contributed by atoms with Crippen molar-refractivity contribution in [1.82, 2.24) is 0 Å². The minimum absolute atomic E-state index is 0.250. The Morgan fingerprint density at radius 1 is 1.21 bits per heavy atom. The first-order chi connectivity index (χ1) is 9.13. The molecule has 2 rings (SSSR count). The molecule has 106 valence electrons. The molecule has 0 bridgehead atoms. The van der Waals surface area contributed by atoms with Crippen molar-refractivity contribution in [2.45, 2.75) is 43.4 Å². The first-order valence-corrected chi connectivity index (χ1v) is 7.62. The first-order valence-electron chi connectivity index (χ1n) is 6.33. The molecule has 0 aliphatic carbocycles. The van der Waals surface area contributed by atoms with Gasteiger partial charge in [0.25, 0.3) is 0 Å². The van der Waals surface area contributed by atoms with Gasteiger partial charge in [-0.3, -0.25) is 0 Å². The number of hydrogen-bond donors (Lipinski definition) is 2. The van der Waals surface area contributed by atoms with E-state index in [1.807, 2.05) is 43.5 Å². The van der Waals surface area contributed by atoms with Gasteiger partial charge in [-0.25, -0.2) is 0 Å². The van der Waals surface area contributed by atoms with Crippen LogP contribution in [-0.4, -0.2) is 46.3 Å². The Morgan fingerprint density at radius 2 is 1.89 bits per heavy atom. The molecule has 1 aliphatic rings. The molecule has 5 heteroatoms. The van der Waals surface area contributed by atoms with E-state index in [2.05, 4.69) is 0 Å². The fourth-order valence-electron chi connectivity index (χ4n) is 2.20. The topological polar surface area (TPSA) is 58.9 Å². The van der Waals surface area contributed by atoms with Gasteiger partial charge in [-0.15, -0.1) is 11.8 Å². The van der Waals surface area contributed by atoms with Crippen molar-refractivity contribution in [1.29, 1.82) is 0 Å². The Bertz CT molecular complexity index is 386. The minimum atomic E-state index is -0.926. The third kappa shape index (κ3) is 3.49. The van der Waals surface area contributed by atoms with Crippen LogP contribution < -0.4 is 0 Å². The number of benzene rings is 1. The molecule has 0 unspecified atom stereocenters. The molecule has 1 heterocycles. The minimum Gasteiger partial charge on any atom is -0.387 e. The SMILES string of the molecule is CS[C@@H]1O[C@@H](C)[C@H](OCc2ccccc2)[C@@H](O)[C@H]1O. The lowest BCUT2D eigenvalue weighted by atomic mass is 10.0. The van der Waals surface area contributed by atoms with E-state index in [4.69, 9.17) is 9.47 Å². The summed E-state index contributed by atoms with van der Waals surface area (Å²) < 4.78 is 11.4. The third-order valence-corrected chi connectivity index (χ3v) is 4.15. The lowest BCUT2D eigenvalue weighted by molar-refractivity contribution is -0.211. The van der Waals surface area contributed by atoms with Gasteiger partial charge >= 0.3 is 0 Å². The molecule has 0 saturated carbocycles. The highest BCUT2D eigenvalue weighted by molar-refractivity contribution is 7.99. The van der Waals surface area contributed by atoms with E-state index < -0.39 is 23.7 Å². The Labute approximate surface area is 117 Å². The number of hydrogen-bond acceptors (Lipinski definition) is 5. The van der Waals surface area contributed by atoms with Crippen molar-refractivity contribution >= 4 is 11.8 Å². The van der Waals surface area contributed by atoms with Gasteiger partial charge in [-0.2, -0.15) is 0 Å². The molecular formula is C14H20O4S. The fourth-order valence-corrected chi connectivity index (χ4v) is 2.92. The number of thioether (sulfide) groups is 1. The van der Waals surface area contributed by atoms with Crippen molar-refractivity contribution in [3.8, 4) is 0 Å². The number of aliphatic hydroxyl groups excluding tert-OH is 2. The van der Waals surface area contributed by atoms with E-state index >= 15 is 0 Å². The molecule has 2 N–H and O–H groups in total. The van der Waals surface area contributed by atoms with Gasteiger partial charge in [-0.05, 0) is 18.7 Å². The van der Waals surface area contributed by atoms with Crippen LogP contribution >= 0.6 is 11.8 Å². The summed E-state index contributed by atoms with van der Waals surface area (Å²) >= 11 is 1.39. The largest absolute Gasteiger partial charge is 0.387 e. The molecule has 0 spiro atoms. The molecule has 1 aliphatic heterocycles. The molecular weight excluding hydrogens is 264 g/mol. The average Bonchev–Trinajstić information content (AvgIpc) is 2.44. The van der Waals surface area contributed by atoms with Crippen LogP contribution in [0.4, 0.5) is 0 Å². The Kier molecular flexibility index (Phi) is 5.24. The van der Waals surface area contributed by atoms with Crippen LogP contribution in [0.5, 0.6) is 0 Å². The normalized spacial score (nSPS) is 35.3. The van der Waals surface area contributed by atoms with Crippen LogP contribution in [0.1, 0.15) is 12.5 Å². The molecule has 1 aromatic carbocycles. The van der Waals surface area contributed by atoms with Gasteiger partial charge in [0.05, 0.1) is 12.7 Å². The summed E-state index contributed by atoms with van der Waals surface area (Å²) in [6.45, 7) is 2.25. The Balaban J connectivity index is 1.96. The maximum atomic E-state index is 10.1. The Morgan fingerprint density at radius 3 is 2.53 bits per heavy atom. The summed E-state index contributed by atoms with van der Waals surface area (Å²) in [6.07, 6.45) is -0.770. The third-order valence-electron chi connectivity index (χ3n) is 3.29. The second-order valence-electron chi connectivity index (χ2n) is 4.69. The standard InChI is InChI=1S/C14H20O4S/c1-9-13(11(15)12(16)14(18-9)19-2)17-8-10-6-4-3-5-7-10/h3-7,9,11-16H,8H2,1-2H3/t9-,11-,12+,13-,14-/m0/s1. The van der Waals surface area contributed by atoms with Crippen molar-refractivity contribution in [2.75, 3.05) is 6.26 Å². The summed E-state index contributed by atoms with van der Waals surface area (Å²) in [5.41, 5.74) is 0.630. The lowest BCUT2D eigenvalue weighted by Gasteiger charge is -2.40. The van der Waals surface area contributed by atoms with Crippen LogP contribution in [0.2, 0.25) is 0 Å². The van der Waals surface area contributed by atoms with Crippen LogP contribution in [-0.2, 0) is 16.1 Å². The van der Waals surface area contributed by atoms with Gasteiger partial charge in [0.15, 0.2) is 0 Å². The molecule has 1 aromatic rings. The van der Waals surface area contributed by atoms with E-state index in [9.17, 15) is 10.2 Å². The fraction of sp³-hybridized carbons (Fsp3) is 0.571. The molecule has 19 heavy (non-hydrogen) atoms. The van der Waals surface area contributed by atoms with Crippen LogP contribution in [0.15, 0.2) is 30.3 Å². The van der Waals surface area contributed by atoms with Crippen LogP contribution in [0.25, 0.3) is 0 Å². The number of aliphatic hydroxyl groups is 2. The highest BCUT2D eigenvalue weighted by atomic mass is 32.2. The molecule has 5 atom stereocenters. The van der Waals surface area contributed by atoms with Crippen molar-refractivity contribution in [3.63, 3.8) is 0 Å². The van der Waals surface area contributed by atoms with Crippen LogP contribution in [0.3, 0.4) is 0 Å². The zero-order chi connectivity index (χ0) is 13.8. The van der Waals surface area contributed by atoms with Crippen molar-refractivity contribution in [2.24, 2.45) is 0 Å². The highest BCUT2D eigenvalue weighted by Gasteiger charge is 2.42. The predicted molar refractivity (Wildman–Crippen MR) is 74.9 cm³/mol. The van der Waals surface area contributed by atoms with Gasteiger partial charge in [-0.1, -0.05) is 30.3 Å². The monoisotopic (exact) mass is 284 g/mol. The van der Waals surface area contributed by atoms with E-state index in [-0.39, 0.29) is 6.10 Å². The molecule has 0 aromatic heterocycles. The second-order valence-corrected chi connectivity index (χ2v) is 5.62. The van der Waals surface area contributed by atoms with Crippen molar-refractivity contribution in [3.05, 3.63) is 35.9 Å². The molecule has 1 saturated heterocycles. The first kappa shape index (κ1) is 14.8. The Hall–Kier alpha value is -0.590. The van der Waals surface area contributed by atoms with Gasteiger partial charge in [0.2, 0.25) is 0 Å². The van der Waals surface area contributed by atoms with E-state index in [0.717, 1.165) is 5.56 Å². The summed E-state index contributed by atoms with van der Waals surface area (Å²) in [6, 6.07) is 9.74. The van der Waals surface area contributed by atoms with Crippen LogP contribution in [0, 0.1) is 0 Å². The molecule has 4 nitrogen and oxygen atoms in total. The lowest BCUT2D eigenvalue weighted by Crippen LogP contribution is -2.56. The predicted octanol–water partition coefficient (Wildman–Crippen LogP) is 1.40. The summed E-state index contributed by atoms with van der Waals surface area (Å²) in [5, 5.41) is 20.1. The van der Waals surface area contributed by atoms with Gasteiger partial charge in [0.1, 0.15) is 23.7 Å². The van der Waals surface area contributed by atoms with E-state index in [1.54, 1.807) is 0 Å². The van der Waals surface area contributed by atoms with E-state index in [1.165, 1.54) is 11.8 Å². The summed E-state index contributed by atoms with van der Waals surface area (Å²) in [7, 11) is 0. The zero-order valence-corrected chi connectivity index (χ0v) is 11.9.